The van der Waals surface area contributed by atoms with Crippen molar-refractivity contribution in [2.45, 2.75) is 19.4 Å². The Morgan fingerprint density at radius 1 is 1.32 bits per heavy atom. The van der Waals surface area contributed by atoms with Gasteiger partial charge < -0.3 is 10.2 Å². The van der Waals surface area contributed by atoms with Crippen LogP contribution in [0.25, 0.3) is 10.8 Å². The van der Waals surface area contributed by atoms with Crippen molar-refractivity contribution in [3.63, 3.8) is 0 Å². The summed E-state index contributed by atoms with van der Waals surface area (Å²) in [5, 5.41) is 14.2. The molecule has 1 aromatic heterocycles. The van der Waals surface area contributed by atoms with Crippen molar-refractivity contribution in [3.8, 4) is 0 Å². The summed E-state index contributed by atoms with van der Waals surface area (Å²) < 4.78 is 0. The molecule has 100 valence electrons. The minimum Gasteiger partial charge on any atom is -0.364 e. The largest absolute Gasteiger partial charge is 0.364 e. The molecule has 2 heterocycles. The number of hydrogen-bond donors (Lipinski definition) is 1. The van der Waals surface area contributed by atoms with E-state index < -0.39 is 0 Å². The van der Waals surface area contributed by atoms with E-state index in [1.165, 1.54) is 0 Å². The second kappa shape index (κ2) is 5.31. The van der Waals surface area contributed by atoms with E-state index in [2.05, 4.69) is 27.3 Å². The highest BCUT2D eigenvalue weighted by Crippen LogP contribution is 2.26. The van der Waals surface area contributed by atoms with Crippen LogP contribution in [0.3, 0.4) is 0 Å². The highest BCUT2D eigenvalue weighted by atomic mass is 35.5. The van der Waals surface area contributed by atoms with E-state index in [-0.39, 0.29) is 0 Å². The molecule has 4 nitrogen and oxygen atoms in total. The highest BCUT2D eigenvalue weighted by Gasteiger charge is 2.22. The monoisotopic (exact) mass is 276 g/mol. The van der Waals surface area contributed by atoms with Crippen LogP contribution in [0.15, 0.2) is 24.3 Å². The number of rotatable bonds is 3. The number of likely N-dealkylation sites (N-methyl/N-ethyl adjacent to an activating group) is 1. The Bertz CT molecular complexity index is 587. The van der Waals surface area contributed by atoms with Gasteiger partial charge in [-0.1, -0.05) is 42.8 Å². The first-order valence-corrected chi connectivity index (χ1v) is 7.05. The molecule has 0 radical (unpaired) electrons. The summed E-state index contributed by atoms with van der Waals surface area (Å²) in [4.78, 5) is 2.43. The molecule has 1 aliphatic heterocycles. The third-order valence-corrected chi connectivity index (χ3v) is 3.98. The zero-order valence-electron chi connectivity index (χ0n) is 10.9. The minimum absolute atomic E-state index is 0.443. The van der Waals surface area contributed by atoms with Gasteiger partial charge in [-0.3, -0.25) is 0 Å². The van der Waals surface area contributed by atoms with Gasteiger partial charge in [-0.15, -0.1) is 10.2 Å². The lowest BCUT2D eigenvalue weighted by molar-refractivity contribution is 0.356. The third kappa shape index (κ3) is 2.51. The number of nitrogens with zero attached hydrogens (tertiary/aromatic N) is 3. The quantitative estimate of drug-likeness (QED) is 0.936. The van der Waals surface area contributed by atoms with Crippen LogP contribution >= 0.6 is 11.6 Å². The first-order valence-electron chi connectivity index (χ1n) is 6.67. The summed E-state index contributed by atoms with van der Waals surface area (Å²) in [5.41, 5.74) is 0. The molecule has 19 heavy (non-hydrogen) atoms. The number of benzene rings is 1. The average Bonchev–Trinajstić information content (AvgIpc) is 2.90. The maximum absolute atomic E-state index is 6.08. The number of halogens is 1. The Balaban J connectivity index is 1.87. The molecule has 0 spiro atoms. The lowest BCUT2D eigenvalue weighted by Crippen LogP contribution is -2.26. The average molecular weight is 277 g/mol. The van der Waals surface area contributed by atoms with Gasteiger partial charge in [-0.25, -0.2) is 0 Å². The third-order valence-electron chi connectivity index (χ3n) is 3.70. The molecular formula is C14H17ClN4. The van der Waals surface area contributed by atoms with Crippen molar-refractivity contribution in [1.29, 1.82) is 0 Å². The number of anilines is 1. The van der Waals surface area contributed by atoms with Gasteiger partial charge in [0.25, 0.3) is 0 Å². The van der Waals surface area contributed by atoms with Crippen LogP contribution in [0, 0.1) is 0 Å². The van der Waals surface area contributed by atoms with E-state index in [1.54, 1.807) is 0 Å². The summed E-state index contributed by atoms with van der Waals surface area (Å²) in [6.07, 6.45) is 1.15. The molecule has 1 atom stereocenters. The van der Waals surface area contributed by atoms with Gasteiger partial charge in [0.15, 0.2) is 11.0 Å². The van der Waals surface area contributed by atoms with E-state index in [0.717, 1.165) is 42.6 Å². The fraction of sp³-hybridized carbons (Fsp3) is 0.429. The van der Waals surface area contributed by atoms with Gasteiger partial charge in [0, 0.05) is 29.9 Å². The molecular weight excluding hydrogens is 260 g/mol. The molecule has 1 aliphatic rings. The molecule has 1 aromatic carbocycles. The molecule has 1 fully saturated rings. The summed E-state index contributed by atoms with van der Waals surface area (Å²) in [6, 6.07) is 8.42. The summed E-state index contributed by atoms with van der Waals surface area (Å²) in [7, 11) is 0. The fourth-order valence-corrected chi connectivity index (χ4v) is 2.81. The van der Waals surface area contributed by atoms with Gasteiger partial charge >= 0.3 is 0 Å². The predicted molar refractivity (Wildman–Crippen MR) is 78.7 cm³/mol. The molecule has 3 rings (SSSR count). The van der Waals surface area contributed by atoms with Crippen molar-refractivity contribution in [1.82, 2.24) is 15.1 Å². The second-order valence-electron chi connectivity index (χ2n) is 4.91. The van der Waals surface area contributed by atoms with Gasteiger partial charge in [0.2, 0.25) is 0 Å². The summed E-state index contributed by atoms with van der Waals surface area (Å²) in [6.45, 7) is 5.51. The highest BCUT2D eigenvalue weighted by molar-refractivity contribution is 6.34. The van der Waals surface area contributed by atoms with Crippen molar-refractivity contribution >= 4 is 28.2 Å². The number of fused-ring (bicyclic) bond motifs is 1. The van der Waals surface area contributed by atoms with Gasteiger partial charge in [0.05, 0.1) is 0 Å². The number of likely N-dealkylation sites (tertiary alicyclic amines) is 1. The van der Waals surface area contributed by atoms with Crippen molar-refractivity contribution < 1.29 is 0 Å². The van der Waals surface area contributed by atoms with Crippen LogP contribution in [0.1, 0.15) is 13.3 Å². The van der Waals surface area contributed by atoms with E-state index >= 15 is 0 Å². The van der Waals surface area contributed by atoms with Gasteiger partial charge in [-0.2, -0.15) is 0 Å². The van der Waals surface area contributed by atoms with Crippen LogP contribution in [0.4, 0.5) is 5.82 Å². The molecule has 0 bridgehead atoms. The molecule has 1 N–H and O–H groups in total. The van der Waals surface area contributed by atoms with Crippen molar-refractivity contribution in [2.75, 3.05) is 25.0 Å². The van der Waals surface area contributed by atoms with E-state index in [4.69, 9.17) is 11.6 Å². The lowest BCUT2D eigenvalue weighted by Gasteiger charge is -2.16. The fourth-order valence-electron chi connectivity index (χ4n) is 2.61. The van der Waals surface area contributed by atoms with E-state index in [0.29, 0.717) is 11.2 Å². The van der Waals surface area contributed by atoms with Crippen molar-refractivity contribution in [3.05, 3.63) is 29.4 Å². The first-order chi connectivity index (χ1) is 9.28. The first kappa shape index (κ1) is 12.6. The maximum atomic E-state index is 6.08. The number of nitrogens with one attached hydrogen (secondary N) is 1. The van der Waals surface area contributed by atoms with Gasteiger partial charge in [0.1, 0.15) is 0 Å². The van der Waals surface area contributed by atoms with Gasteiger partial charge in [-0.05, 0) is 13.0 Å². The topological polar surface area (TPSA) is 41.0 Å². The van der Waals surface area contributed by atoms with Crippen LogP contribution in [-0.2, 0) is 0 Å². The maximum Gasteiger partial charge on any atom is 0.159 e. The SMILES string of the molecule is CCN1CC[C@@H](Nc2nnc(Cl)c3ccccc23)C1. The Labute approximate surface area is 117 Å². The minimum atomic E-state index is 0.443. The zero-order valence-corrected chi connectivity index (χ0v) is 11.7. The normalized spacial score (nSPS) is 20.0. The second-order valence-corrected chi connectivity index (χ2v) is 5.27. The Kier molecular flexibility index (Phi) is 3.53. The smallest absolute Gasteiger partial charge is 0.159 e. The molecule has 1 saturated heterocycles. The Hall–Kier alpha value is -1.39. The molecule has 0 aliphatic carbocycles. The number of hydrogen-bond acceptors (Lipinski definition) is 4. The summed E-state index contributed by atoms with van der Waals surface area (Å²) >= 11 is 6.08. The van der Waals surface area contributed by atoms with Crippen LogP contribution in [-0.4, -0.2) is 40.8 Å². The predicted octanol–water partition coefficient (Wildman–Crippen LogP) is 2.79. The summed E-state index contributed by atoms with van der Waals surface area (Å²) in [5.74, 6) is 0.836. The zero-order chi connectivity index (χ0) is 13.2. The van der Waals surface area contributed by atoms with E-state index in [1.807, 2.05) is 24.3 Å². The molecule has 0 amide bonds. The number of aromatic nitrogens is 2. The molecule has 5 heteroatoms. The van der Waals surface area contributed by atoms with Crippen molar-refractivity contribution in [2.24, 2.45) is 0 Å². The molecule has 0 unspecified atom stereocenters. The molecule has 2 aromatic rings. The Morgan fingerprint density at radius 2 is 2.11 bits per heavy atom. The van der Waals surface area contributed by atoms with Crippen LogP contribution in [0.2, 0.25) is 5.15 Å². The molecule has 0 saturated carbocycles. The van der Waals surface area contributed by atoms with E-state index in [9.17, 15) is 0 Å². The standard InChI is InChI=1S/C14H17ClN4/c1-2-19-8-7-10(9-19)16-14-12-6-4-3-5-11(12)13(15)17-18-14/h3-6,10H,2,7-9H2,1H3,(H,16,18)/t10-/m1/s1. The Morgan fingerprint density at radius 3 is 2.84 bits per heavy atom. The van der Waals surface area contributed by atoms with Crippen LogP contribution in [0.5, 0.6) is 0 Å². The van der Waals surface area contributed by atoms with Crippen LogP contribution < -0.4 is 5.32 Å². The lowest BCUT2D eigenvalue weighted by atomic mass is 10.2.